The third kappa shape index (κ3) is 3.31. The molecule has 0 radical (unpaired) electrons. The molecule has 4 heterocycles. The van der Waals surface area contributed by atoms with Gasteiger partial charge in [-0.2, -0.15) is 23.3 Å². The fourth-order valence-corrected chi connectivity index (χ4v) is 4.08. The van der Waals surface area contributed by atoms with E-state index in [1.807, 2.05) is 0 Å². The highest BCUT2D eigenvalue weighted by atomic mass is 19.4. The van der Waals surface area contributed by atoms with Crippen molar-refractivity contribution in [3.63, 3.8) is 0 Å². The van der Waals surface area contributed by atoms with E-state index in [1.165, 1.54) is 24.5 Å². The maximum atomic E-state index is 14.1. The number of oxazole rings is 1. The molecule has 0 fully saturated rings. The summed E-state index contributed by atoms with van der Waals surface area (Å²) >= 11 is 0. The SMILES string of the molecule is FC(F)(F)C(c1ccncc1)c1nnc(Nc2nc3c(ccc4occc43)o2)c2ccccc12. The molecule has 168 valence electrons. The zero-order valence-corrected chi connectivity index (χ0v) is 17.2. The van der Waals surface area contributed by atoms with Crippen LogP contribution in [0.25, 0.3) is 32.8 Å². The zero-order valence-electron chi connectivity index (χ0n) is 17.2. The lowest BCUT2D eigenvalue weighted by Crippen LogP contribution is -2.24. The number of nitrogens with zero attached hydrogens (tertiary/aromatic N) is 4. The summed E-state index contributed by atoms with van der Waals surface area (Å²) in [4.78, 5) is 8.29. The molecular formula is C24H14F3N5O2. The van der Waals surface area contributed by atoms with Crippen molar-refractivity contribution in [1.82, 2.24) is 20.2 Å². The molecule has 0 amide bonds. The van der Waals surface area contributed by atoms with Crippen LogP contribution in [-0.4, -0.2) is 26.3 Å². The molecule has 1 atom stereocenters. The monoisotopic (exact) mass is 461 g/mol. The summed E-state index contributed by atoms with van der Waals surface area (Å²) in [7, 11) is 0. The highest BCUT2D eigenvalue weighted by molar-refractivity contribution is 6.02. The van der Waals surface area contributed by atoms with Gasteiger partial charge < -0.3 is 8.83 Å². The molecule has 34 heavy (non-hydrogen) atoms. The lowest BCUT2D eigenvalue weighted by atomic mass is 9.92. The normalized spacial score (nSPS) is 13.0. The molecule has 1 N–H and O–H groups in total. The second-order valence-corrected chi connectivity index (χ2v) is 7.62. The van der Waals surface area contributed by atoms with E-state index in [0.29, 0.717) is 27.5 Å². The maximum Gasteiger partial charge on any atom is 0.401 e. The Hall–Kier alpha value is -4.47. The summed E-state index contributed by atoms with van der Waals surface area (Å²) in [6, 6.07) is 14.7. The molecule has 0 saturated heterocycles. The number of hydrogen-bond donors (Lipinski definition) is 1. The summed E-state index contributed by atoms with van der Waals surface area (Å²) in [6.45, 7) is 0. The third-order valence-corrected chi connectivity index (χ3v) is 5.57. The predicted molar refractivity (Wildman–Crippen MR) is 119 cm³/mol. The van der Waals surface area contributed by atoms with Crippen molar-refractivity contribution in [2.45, 2.75) is 12.1 Å². The summed E-state index contributed by atoms with van der Waals surface area (Å²) in [5, 5.41) is 12.6. The molecule has 6 aromatic rings. The lowest BCUT2D eigenvalue weighted by molar-refractivity contribution is -0.141. The van der Waals surface area contributed by atoms with E-state index in [-0.39, 0.29) is 23.1 Å². The molecule has 0 aliphatic carbocycles. The van der Waals surface area contributed by atoms with Crippen LogP contribution in [0.2, 0.25) is 0 Å². The highest BCUT2D eigenvalue weighted by Gasteiger charge is 2.44. The molecule has 4 aromatic heterocycles. The average molecular weight is 461 g/mol. The summed E-state index contributed by atoms with van der Waals surface area (Å²) in [5.41, 5.74) is 1.62. The molecule has 10 heteroatoms. The Kier molecular flexibility index (Phi) is 4.47. The van der Waals surface area contributed by atoms with E-state index < -0.39 is 12.1 Å². The number of furan rings is 1. The smallest absolute Gasteiger partial charge is 0.401 e. The molecular weight excluding hydrogens is 447 g/mol. The Morgan fingerprint density at radius 1 is 0.824 bits per heavy atom. The second kappa shape index (κ2) is 7.55. The van der Waals surface area contributed by atoms with Crippen LogP contribution in [0.15, 0.2) is 82.1 Å². The summed E-state index contributed by atoms with van der Waals surface area (Å²) in [5.74, 6) is -1.73. The topological polar surface area (TPSA) is 89.9 Å². The minimum Gasteiger partial charge on any atom is -0.464 e. The molecule has 0 saturated carbocycles. The van der Waals surface area contributed by atoms with E-state index in [9.17, 15) is 13.2 Å². The largest absolute Gasteiger partial charge is 0.464 e. The van der Waals surface area contributed by atoms with Gasteiger partial charge in [0.05, 0.1) is 12.0 Å². The second-order valence-electron chi connectivity index (χ2n) is 7.62. The van der Waals surface area contributed by atoms with Crippen molar-refractivity contribution >= 4 is 44.7 Å². The van der Waals surface area contributed by atoms with Crippen molar-refractivity contribution in [3.8, 4) is 0 Å². The minimum atomic E-state index is -4.58. The molecule has 6 rings (SSSR count). The maximum absolute atomic E-state index is 14.1. The van der Waals surface area contributed by atoms with Gasteiger partial charge in [0, 0.05) is 28.6 Å². The van der Waals surface area contributed by atoms with E-state index in [4.69, 9.17) is 8.83 Å². The van der Waals surface area contributed by atoms with E-state index >= 15 is 0 Å². The Labute approximate surface area is 189 Å². The van der Waals surface area contributed by atoms with Gasteiger partial charge in [0.25, 0.3) is 0 Å². The lowest BCUT2D eigenvalue weighted by Gasteiger charge is -2.21. The van der Waals surface area contributed by atoms with Gasteiger partial charge in [0.1, 0.15) is 17.0 Å². The van der Waals surface area contributed by atoms with Crippen molar-refractivity contribution in [2.24, 2.45) is 0 Å². The van der Waals surface area contributed by atoms with Gasteiger partial charge in [-0.15, -0.1) is 5.10 Å². The summed E-state index contributed by atoms with van der Waals surface area (Å²) < 4.78 is 53.6. The fourth-order valence-electron chi connectivity index (χ4n) is 4.08. The first-order chi connectivity index (χ1) is 16.5. The van der Waals surface area contributed by atoms with Crippen molar-refractivity contribution < 1.29 is 22.0 Å². The molecule has 0 aliphatic rings. The van der Waals surface area contributed by atoms with Gasteiger partial charge in [-0.3, -0.25) is 10.3 Å². The molecule has 7 nitrogen and oxygen atoms in total. The first-order valence-corrected chi connectivity index (χ1v) is 10.2. The number of hydrogen-bond acceptors (Lipinski definition) is 7. The van der Waals surface area contributed by atoms with E-state index in [1.54, 1.807) is 48.7 Å². The Bertz CT molecular complexity index is 1640. The Morgan fingerprint density at radius 3 is 2.38 bits per heavy atom. The predicted octanol–water partition coefficient (Wildman–Crippen LogP) is 6.35. The molecule has 0 spiro atoms. The minimum absolute atomic E-state index is 0.0331. The van der Waals surface area contributed by atoms with Gasteiger partial charge in [0.2, 0.25) is 0 Å². The highest BCUT2D eigenvalue weighted by Crippen LogP contribution is 2.42. The molecule has 1 unspecified atom stereocenters. The number of halogens is 3. The molecule has 2 aromatic carbocycles. The number of alkyl halides is 3. The number of pyridine rings is 1. The van der Waals surface area contributed by atoms with Crippen LogP contribution in [0.3, 0.4) is 0 Å². The van der Waals surface area contributed by atoms with Gasteiger partial charge in [-0.1, -0.05) is 24.3 Å². The van der Waals surface area contributed by atoms with Crippen LogP contribution in [0, 0.1) is 0 Å². The average Bonchev–Trinajstić information content (AvgIpc) is 3.47. The van der Waals surface area contributed by atoms with E-state index in [0.717, 1.165) is 5.39 Å². The van der Waals surface area contributed by atoms with Crippen LogP contribution < -0.4 is 5.32 Å². The van der Waals surface area contributed by atoms with Gasteiger partial charge in [0.15, 0.2) is 11.4 Å². The third-order valence-electron chi connectivity index (χ3n) is 5.57. The van der Waals surface area contributed by atoms with Crippen molar-refractivity contribution in [1.29, 1.82) is 0 Å². The van der Waals surface area contributed by atoms with Crippen molar-refractivity contribution in [2.75, 3.05) is 5.32 Å². The van der Waals surface area contributed by atoms with E-state index in [2.05, 4.69) is 25.5 Å². The van der Waals surface area contributed by atoms with Crippen molar-refractivity contribution in [3.05, 3.63) is 84.5 Å². The first kappa shape index (κ1) is 20.2. The quantitative estimate of drug-likeness (QED) is 0.327. The number of benzene rings is 2. The van der Waals surface area contributed by atoms with Crippen LogP contribution in [0.4, 0.5) is 25.0 Å². The summed E-state index contributed by atoms with van der Waals surface area (Å²) in [6.07, 6.45) is -0.374. The Balaban J connectivity index is 1.47. The van der Waals surface area contributed by atoms with Crippen LogP contribution in [-0.2, 0) is 0 Å². The van der Waals surface area contributed by atoms with Gasteiger partial charge in [-0.25, -0.2) is 0 Å². The number of nitrogens with one attached hydrogen (secondary N) is 1. The van der Waals surface area contributed by atoms with Crippen LogP contribution in [0.1, 0.15) is 17.2 Å². The molecule has 0 bridgehead atoms. The molecule has 0 aliphatic heterocycles. The van der Waals surface area contributed by atoms with Gasteiger partial charge >= 0.3 is 12.2 Å². The number of aromatic nitrogens is 4. The first-order valence-electron chi connectivity index (χ1n) is 10.2. The number of anilines is 2. The van der Waals surface area contributed by atoms with Gasteiger partial charge in [-0.05, 0) is 35.9 Å². The Morgan fingerprint density at radius 2 is 1.59 bits per heavy atom. The zero-order chi connectivity index (χ0) is 23.3. The number of fused-ring (bicyclic) bond motifs is 4. The standard InChI is InChI=1S/C24H14F3N5O2/c25-24(26,27)19(13-7-10-28-11-8-13)21-14-3-1-2-4-15(14)22(32-31-21)30-23-29-20-16-9-12-33-17(16)5-6-18(20)34-23/h1-12,19H,(H,29,30,32). The number of rotatable bonds is 4. The van der Waals surface area contributed by atoms with Crippen LogP contribution >= 0.6 is 0 Å². The fraction of sp³-hybridized carbons (Fsp3) is 0.0833. The van der Waals surface area contributed by atoms with Crippen LogP contribution in [0.5, 0.6) is 0 Å².